The molecule has 0 bridgehead atoms. The average Bonchev–Trinajstić information content (AvgIpc) is 3.18. The van der Waals surface area contributed by atoms with Gasteiger partial charge in [-0.15, -0.1) is 0 Å². The van der Waals surface area contributed by atoms with Crippen LogP contribution in [0.25, 0.3) is 5.82 Å². The highest BCUT2D eigenvalue weighted by atomic mass is 16.5. The van der Waals surface area contributed by atoms with Crippen LogP contribution in [0, 0.1) is 13.8 Å². The summed E-state index contributed by atoms with van der Waals surface area (Å²) in [6.45, 7) is 11.8. The van der Waals surface area contributed by atoms with E-state index in [0.29, 0.717) is 18.8 Å². The molecule has 1 aliphatic carbocycles. The molecule has 1 fully saturated rings. The van der Waals surface area contributed by atoms with Gasteiger partial charge in [-0.2, -0.15) is 5.10 Å². The standard InChI is InChI=1S/C24H31N3O/c1-17-11-12-18(2)26(17)23-15-22(24(3,4)5)27(25-23)20-13-21(14-20)28-16-19-9-7-6-8-10-19/h6-12,15,20-21H,13-14,16H2,1-5H3/t20-,21+. The summed E-state index contributed by atoms with van der Waals surface area (Å²) in [5, 5.41) is 5.04. The van der Waals surface area contributed by atoms with Crippen molar-refractivity contribution < 1.29 is 4.74 Å². The number of hydrogen-bond donors (Lipinski definition) is 0. The molecular weight excluding hydrogens is 346 g/mol. The molecule has 0 N–H and O–H groups in total. The fraction of sp³-hybridized carbons (Fsp3) is 0.458. The monoisotopic (exact) mass is 377 g/mol. The molecule has 1 saturated carbocycles. The molecule has 0 spiro atoms. The first-order chi connectivity index (χ1) is 13.3. The third kappa shape index (κ3) is 3.66. The van der Waals surface area contributed by atoms with Gasteiger partial charge in [-0.3, -0.25) is 4.68 Å². The molecule has 0 aliphatic heterocycles. The van der Waals surface area contributed by atoms with E-state index in [-0.39, 0.29) is 5.41 Å². The van der Waals surface area contributed by atoms with Crippen molar-refractivity contribution in [2.24, 2.45) is 0 Å². The summed E-state index contributed by atoms with van der Waals surface area (Å²) in [5.41, 5.74) is 5.03. The Kier molecular flexibility index (Phi) is 4.92. The van der Waals surface area contributed by atoms with Crippen LogP contribution in [0.2, 0.25) is 0 Å². The van der Waals surface area contributed by atoms with Crippen molar-refractivity contribution in [3.8, 4) is 5.82 Å². The molecular formula is C24H31N3O. The topological polar surface area (TPSA) is 32.0 Å². The van der Waals surface area contributed by atoms with Crippen LogP contribution >= 0.6 is 0 Å². The maximum Gasteiger partial charge on any atom is 0.159 e. The van der Waals surface area contributed by atoms with Gasteiger partial charge in [0.25, 0.3) is 0 Å². The highest BCUT2D eigenvalue weighted by molar-refractivity contribution is 5.35. The molecule has 2 heterocycles. The van der Waals surface area contributed by atoms with Crippen molar-refractivity contribution in [3.05, 3.63) is 71.2 Å². The van der Waals surface area contributed by atoms with E-state index >= 15 is 0 Å². The molecule has 1 aromatic carbocycles. The zero-order chi connectivity index (χ0) is 19.9. The Bertz CT molecular complexity index is 921. The van der Waals surface area contributed by atoms with Gasteiger partial charge in [0.2, 0.25) is 0 Å². The van der Waals surface area contributed by atoms with Gasteiger partial charge in [0, 0.05) is 28.6 Å². The highest BCUT2D eigenvalue weighted by Crippen LogP contribution is 2.38. The first-order valence-electron chi connectivity index (χ1n) is 10.2. The zero-order valence-electron chi connectivity index (χ0n) is 17.6. The molecule has 4 nitrogen and oxygen atoms in total. The molecule has 0 amide bonds. The van der Waals surface area contributed by atoms with Crippen LogP contribution in [0.5, 0.6) is 0 Å². The Morgan fingerprint density at radius 2 is 1.64 bits per heavy atom. The lowest BCUT2D eigenvalue weighted by Gasteiger charge is -2.37. The lowest BCUT2D eigenvalue weighted by Crippen LogP contribution is -2.36. The van der Waals surface area contributed by atoms with Crippen LogP contribution in [-0.2, 0) is 16.8 Å². The summed E-state index contributed by atoms with van der Waals surface area (Å²) in [6, 6.07) is 17.4. The van der Waals surface area contributed by atoms with Gasteiger partial charge in [-0.05, 0) is 44.4 Å². The van der Waals surface area contributed by atoms with Gasteiger partial charge < -0.3 is 9.30 Å². The van der Waals surface area contributed by atoms with Crippen LogP contribution in [0.4, 0.5) is 0 Å². The maximum atomic E-state index is 6.11. The number of aryl methyl sites for hydroxylation is 2. The van der Waals surface area contributed by atoms with Crippen molar-refractivity contribution in [3.63, 3.8) is 0 Å². The fourth-order valence-electron chi connectivity index (χ4n) is 4.02. The number of ether oxygens (including phenoxy) is 1. The molecule has 0 unspecified atom stereocenters. The van der Waals surface area contributed by atoms with Gasteiger partial charge in [-0.25, -0.2) is 0 Å². The van der Waals surface area contributed by atoms with E-state index < -0.39 is 0 Å². The van der Waals surface area contributed by atoms with Gasteiger partial charge in [0.1, 0.15) is 0 Å². The Morgan fingerprint density at radius 1 is 1.00 bits per heavy atom. The van der Waals surface area contributed by atoms with Crippen molar-refractivity contribution >= 4 is 0 Å². The van der Waals surface area contributed by atoms with Crippen LogP contribution < -0.4 is 0 Å². The Labute approximate surface area is 168 Å². The predicted octanol–water partition coefficient (Wildman–Crippen LogP) is 5.51. The first kappa shape index (κ1) is 19.0. The van der Waals surface area contributed by atoms with E-state index in [1.165, 1.54) is 22.6 Å². The lowest BCUT2D eigenvalue weighted by molar-refractivity contribution is -0.0394. The molecule has 1 aliphatic rings. The van der Waals surface area contributed by atoms with Crippen LogP contribution in [0.3, 0.4) is 0 Å². The second-order valence-corrected chi connectivity index (χ2v) is 9.08. The van der Waals surface area contributed by atoms with Crippen molar-refractivity contribution in [2.75, 3.05) is 0 Å². The van der Waals surface area contributed by atoms with Crippen LogP contribution in [0.1, 0.15) is 62.3 Å². The molecule has 3 aromatic rings. The molecule has 0 atom stereocenters. The quantitative estimate of drug-likeness (QED) is 0.587. The first-order valence-corrected chi connectivity index (χ1v) is 10.2. The molecule has 0 radical (unpaired) electrons. The second kappa shape index (κ2) is 7.25. The molecule has 4 heteroatoms. The minimum atomic E-state index is 0.0518. The van der Waals surface area contributed by atoms with Gasteiger partial charge in [-0.1, -0.05) is 51.1 Å². The van der Waals surface area contributed by atoms with E-state index in [0.717, 1.165) is 18.7 Å². The minimum Gasteiger partial charge on any atom is -0.373 e. The second-order valence-electron chi connectivity index (χ2n) is 9.08. The normalized spacial score (nSPS) is 19.6. The van der Waals surface area contributed by atoms with Crippen molar-refractivity contribution in [1.29, 1.82) is 0 Å². The van der Waals surface area contributed by atoms with E-state index in [1.54, 1.807) is 0 Å². The number of rotatable bonds is 5. The highest BCUT2D eigenvalue weighted by Gasteiger charge is 2.35. The number of nitrogens with zero attached hydrogens (tertiary/aromatic N) is 3. The Balaban J connectivity index is 1.50. The number of benzene rings is 1. The van der Waals surface area contributed by atoms with E-state index in [2.05, 4.69) is 86.3 Å². The summed E-state index contributed by atoms with van der Waals surface area (Å²) < 4.78 is 10.6. The van der Waals surface area contributed by atoms with Gasteiger partial charge in [0.05, 0.1) is 18.8 Å². The molecule has 28 heavy (non-hydrogen) atoms. The average molecular weight is 378 g/mol. The Morgan fingerprint density at radius 3 is 2.25 bits per heavy atom. The summed E-state index contributed by atoms with van der Waals surface area (Å²) in [4.78, 5) is 0. The Hall–Kier alpha value is -2.33. The summed E-state index contributed by atoms with van der Waals surface area (Å²) in [7, 11) is 0. The predicted molar refractivity (Wildman–Crippen MR) is 113 cm³/mol. The summed E-state index contributed by atoms with van der Waals surface area (Å²) >= 11 is 0. The minimum absolute atomic E-state index is 0.0518. The van der Waals surface area contributed by atoms with Crippen LogP contribution in [-0.4, -0.2) is 20.5 Å². The number of aromatic nitrogens is 3. The molecule has 148 valence electrons. The van der Waals surface area contributed by atoms with E-state index in [4.69, 9.17) is 9.84 Å². The third-order valence-electron chi connectivity index (χ3n) is 5.74. The molecule has 2 aromatic heterocycles. The zero-order valence-corrected chi connectivity index (χ0v) is 17.6. The van der Waals surface area contributed by atoms with Gasteiger partial charge in [0.15, 0.2) is 5.82 Å². The van der Waals surface area contributed by atoms with E-state index in [9.17, 15) is 0 Å². The smallest absolute Gasteiger partial charge is 0.159 e. The largest absolute Gasteiger partial charge is 0.373 e. The van der Waals surface area contributed by atoms with Gasteiger partial charge >= 0.3 is 0 Å². The van der Waals surface area contributed by atoms with Crippen LogP contribution in [0.15, 0.2) is 48.5 Å². The molecule has 4 rings (SSSR count). The number of hydrogen-bond acceptors (Lipinski definition) is 2. The molecule has 0 saturated heterocycles. The lowest BCUT2D eigenvalue weighted by atomic mass is 9.86. The summed E-state index contributed by atoms with van der Waals surface area (Å²) in [5.74, 6) is 1.03. The summed E-state index contributed by atoms with van der Waals surface area (Å²) in [6.07, 6.45) is 2.38. The fourth-order valence-corrected chi connectivity index (χ4v) is 4.02. The van der Waals surface area contributed by atoms with Crippen molar-refractivity contribution in [2.45, 2.75) is 71.6 Å². The van der Waals surface area contributed by atoms with Crippen molar-refractivity contribution in [1.82, 2.24) is 14.3 Å². The third-order valence-corrected chi connectivity index (χ3v) is 5.74. The van der Waals surface area contributed by atoms with E-state index in [1.807, 2.05) is 6.07 Å². The maximum absolute atomic E-state index is 6.11. The SMILES string of the molecule is Cc1ccc(C)n1-c1cc(C(C)(C)C)n([C@H]2C[C@@H](OCc3ccccc3)C2)n1.